The maximum atomic E-state index is 13.6. The van der Waals surface area contributed by atoms with E-state index < -0.39 is 0 Å². The van der Waals surface area contributed by atoms with Crippen LogP contribution in [0, 0.1) is 5.82 Å². The number of hydrogen-bond donors (Lipinski definition) is 1. The molecule has 25 heavy (non-hydrogen) atoms. The molecule has 0 saturated carbocycles. The standard InChI is InChI=1S/C20H15ClFNOS/c21-16-6-3-5-14(12-16)20(24)23-17-8-10-18(11-9-17)25-13-15-4-1-2-7-19(15)22/h1-12H,13H2,(H,23,24). The summed E-state index contributed by atoms with van der Waals surface area (Å²) in [5.74, 6) is 0.149. The van der Waals surface area contributed by atoms with Crippen molar-refractivity contribution in [3.05, 3.63) is 94.8 Å². The van der Waals surface area contributed by atoms with Crippen molar-refractivity contribution < 1.29 is 9.18 Å². The van der Waals surface area contributed by atoms with Crippen molar-refractivity contribution >= 4 is 35.0 Å². The highest BCUT2D eigenvalue weighted by Crippen LogP contribution is 2.25. The Kier molecular flexibility index (Phi) is 5.74. The van der Waals surface area contributed by atoms with E-state index >= 15 is 0 Å². The molecular formula is C20H15ClFNOS. The summed E-state index contributed by atoms with van der Waals surface area (Å²) >= 11 is 7.44. The van der Waals surface area contributed by atoms with Gasteiger partial charge < -0.3 is 5.32 Å². The molecule has 2 nitrogen and oxygen atoms in total. The van der Waals surface area contributed by atoms with E-state index in [4.69, 9.17) is 11.6 Å². The third-order valence-corrected chi connectivity index (χ3v) is 4.85. The van der Waals surface area contributed by atoms with Gasteiger partial charge in [0.1, 0.15) is 5.82 Å². The molecule has 0 unspecified atom stereocenters. The number of halogens is 2. The van der Waals surface area contributed by atoms with Crippen molar-refractivity contribution in [1.29, 1.82) is 0 Å². The van der Waals surface area contributed by atoms with Crippen LogP contribution < -0.4 is 5.32 Å². The Hall–Kier alpha value is -2.30. The van der Waals surface area contributed by atoms with Crippen molar-refractivity contribution in [2.24, 2.45) is 0 Å². The first-order valence-electron chi connectivity index (χ1n) is 7.65. The summed E-state index contributed by atoms with van der Waals surface area (Å²) in [6, 6.07) is 21.0. The summed E-state index contributed by atoms with van der Waals surface area (Å²) < 4.78 is 13.6. The fourth-order valence-electron chi connectivity index (χ4n) is 2.24. The van der Waals surface area contributed by atoms with Gasteiger partial charge in [-0.2, -0.15) is 0 Å². The first kappa shape index (κ1) is 17.5. The lowest BCUT2D eigenvalue weighted by Gasteiger charge is -2.07. The molecule has 0 atom stereocenters. The quantitative estimate of drug-likeness (QED) is 0.555. The molecule has 0 saturated heterocycles. The molecule has 0 radical (unpaired) electrons. The molecule has 1 N–H and O–H groups in total. The molecule has 0 spiro atoms. The number of thioether (sulfide) groups is 1. The number of hydrogen-bond acceptors (Lipinski definition) is 2. The van der Waals surface area contributed by atoms with Crippen molar-refractivity contribution in [3.8, 4) is 0 Å². The lowest BCUT2D eigenvalue weighted by Crippen LogP contribution is -2.11. The summed E-state index contributed by atoms with van der Waals surface area (Å²) in [6.07, 6.45) is 0. The fourth-order valence-corrected chi connectivity index (χ4v) is 3.32. The Bertz CT molecular complexity index is 883. The van der Waals surface area contributed by atoms with Gasteiger partial charge in [-0.25, -0.2) is 4.39 Å². The SMILES string of the molecule is O=C(Nc1ccc(SCc2ccccc2F)cc1)c1cccc(Cl)c1. The van der Waals surface area contributed by atoms with Gasteiger partial charge in [-0.15, -0.1) is 11.8 Å². The zero-order valence-corrected chi connectivity index (χ0v) is 14.8. The van der Waals surface area contributed by atoms with E-state index in [1.807, 2.05) is 30.3 Å². The van der Waals surface area contributed by atoms with Crippen molar-refractivity contribution in [2.45, 2.75) is 10.6 Å². The topological polar surface area (TPSA) is 29.1 Å². The summed E-state index contributed by atoms with van der Waals surface area (Å²) in [7, 11) is 0. The third-order valence-electron chi connectivity index (χ3n) is 3.55. The van der Waals surface area contributed by atoms with E-state index in [1.54, 1.807) is 48.2 Å². The zero-order chi connectivity index (χ0) is 17.6. The molecule has 0 aromatic heterocycles. The highest BCUT2D eigenvalue weighted by molar-refractivity contribution is 7.98. The van der Waals surface area contributed by atoms with Crippen molar-refractivity contribution in [3.63, 3.8) is 0 Å². The number of nitrogens with one attached hydrogen (secondary N) is 1. The lowest BCUT2D eigenvalue weighted by atomic mass is 10.2. The molecule has 3 rings (SSSR count). The fraction of sp³-hybridized carbons (Fsp3) is 0.0500. The highest BCUT2D eigenvalue weighted by Gasteiger charge is 2.07. The molecular weight excluding hydrogens is 357 g/mol. The smallest absolute Gasteiger partial charge is 0.255 e. The van der Waals surface area contributed by atoms with Crippen molar-refractivity contribution in [2.75, 3.05) is 5.32 Å². The van der Waals surface area contributed by atoms with Gasteiger partial charge in [0.2, 0.25) is 0 Å². The van der Waals surface area contributed by atoms with Crippen LogP contribution in [0.15, 0.2) is 77.7 Å². The second-order valence-corrected chi connectivity index (χ2v) is 6.85. The minimum absolute atomic E-state index is 0.194. The molecule has 3 aromatic carbocycles. The molecule has 5 heteroatoms. The molecule has 3 aromatic rings. The van der Waals surface area contributed by atoms with Gasteiger partial charge >= 0.3 is 0 Å². The summed E-state index contributed by atoms with van der Waals surface area (Å²) in [5, 5.41) is 3.35. The summed E-state index contributed by atoms with van der Waals surface area (Å²) in [5.41, 5.74) is 1.87. The van der Waals surface area contributed by atoms with Gasteiger partial charge in [0.05, 0.1) is 0 Å². The highest BCUT2D eigenvalue weighted by atomic mass is 35.5. The second kappa shape index (κ2) is 8.19. The first-order valence-corrected chi connectivity index (χ1v) is 9.01. The number of anilines is 1. The molecule has 0 heterocycles. The van der Waals surface area contributed by atoms with Gasteiger partial charge in [0.25, 0.3) is 5.91 Å². The molecule has 0 aliphatic rings. The van der Waals surface area contributed by atoms with Crippen LogP contribution in [0.1, 0.15) is 15.9 Å². The minimum Gasteiger partial charge on any atom is -0.322 e. The Balaban J connectivity index is 1.60. The maximum Gasteiger partial charge on any atom is 0.255 e. The maximum absolute atomic E-state index is 13.6. The van der Waals surface area contributed by atoms with Gasteiger partial charge in [0.15, 0.2) is 0 Å². The van der Waals surface area contributed by atoms with Gasteiger partial charge in [-0.3, -0.25) is 4.79 Å². The number of amides is 1. The Labute approximate surface area is 155 Å². The minimum atomic E-state index is -0.214. The monoisotopic (exact) mass is 371 g/mol. The first-order chi connectivity index (χ1) is 12.1. The van der Waals surface area contributed by atoms with Crippen LogP contribution in [0.25, 0.3) is 0 Å². The Morgan fingerprint density at radius 2 is 1.76 bits per heavy atom. The van der Waals surface area contributed by atoms with E-state index in [2.05, 4.69) is 5.32 Å². The predicted molar refractivity (Wildman–Crippen MR) is 102 cm³/mol. The lowest BCUT2D eigenvalue weighted by molar-refractivity contribution is 0.102. The summed E-state index contributed by atoms with van der Waals surface area (Å²) in [4.78, 5) is 13.2. The van der Waals surface area contributed by atoms with E-state index in [0.29, 0.717) is 27.6 Å². The van der Waals surface area contributed by atoms with E-state index in [0.717, 1.165) is 4.90 Å². The largest absolute Gasteiger partial charge is 0.322 e. The van der Waals surface area contributed by atoms with Gasteiger partial charge in [-0.05, 0) is 54.1 Å². The Morgan fingerprint density at radius 3 is 2.48 bits per heavy atom. The number of rotatable bonds is 5. The molecule has 0 aliphatic carbocycles. The Morgan fingerprint density at radius 1 is 1.00 bits per heavy atom. The average Bonchev–Trinajstić information content (AvgIpc) is 2.62. The predicted octanol–water partition coefficient (Wildman–Crippen LogP) is 6.02. The normalized spacial score (nSPS) is 10.5. The molecule has 0 bridgehead atoms. The molecule has 1 amide bonds. The molecule has 0 fully saturated rings. The number of carbonyl (C=O) groups excluding carboxylic acids is 1. The average molecular weight is 372 g/mol. The summed E-state index contributed by atoms with van der Waals surface area (Å²) in [6.45, 7) is 0. The van der Waals surface area contributed by atoms with E-state index in [1.165, 1.54) is 6.07 Å². The van der Waals surface area contributed by atoms with Crippen molar-refractivity contribution in [1.82, 2.24) is 0 Å². The van der Waals surface area contributed by atoms with Crippen LogP contribution in [0.5, 0.6) is 0 Å². The van der Waals surface area contributed by atoms with Crippen LogP contribution >= 0.6 is 23.4 Å². The van der Waals surface area contributed by atoms with Crippen LogP contribution in [-0.4, -0.2) is 5.91 Å². The second-order valence-electron chi connectivity index (χ2n) is 5.37. The number of carbonyl (C=O) groups is 1. The number of benzene rings is 3. The van der Waals surface area contributed by atoms with Crippen LogP contribution in [0.4, 0.5) is 10.1 Å². The van der Waals surface area contributed by atoms with Crippen LogP contribution in [0.3, 0.4) is 0 Å². The molecule has 126 valence electrons. The van der Waals surface area contributed by atoms with E-state index in [9.17, 15) is 9.18 Å². The molecule has 0 aliphatic heterocycles. The zero-order valence-electron chi connectivity index (χ0n) is 13.2. The van der Waals surface area contributed by atoms with Gasteiger partial charge in [0, 0.05) is 26.9 Å². The third kappa shape index (κ3) is 4.84. The van der Waals surface area contributed by atoms with Crippen LogP contribution in [-0.2, 0) is 5.75 Å². The van der Waals surface area contributed by atoms with Gasteiger partial charge in [-0.1, -0.05) is 35.9 Å². The van der Waals surface area contributed by atoms with E-state index in [-0.39, 0.29) is 11.7 Å². The van der Waals surface area contributed by atoms with Crippen LogP contribution in [0.2, 0.25) is 5.02 Å².